The van der Waals surface area contributed by atoms with Crippen molar-refractivity contribution in [3.05, 3.63) is 12.3 Å². The first-order chi connectivity index (χ1) is 9.28. The number of piperazine rings is 1. The standard InChI is InChI=1S/C13H20N4O2/c1-18-12-6-10(14)7-15-13(12)17-4-2-16(3-5-17)11-8-19-9-11/h6-7,11H,2-5,8-9,14H2,1H3. The van der Waals surface area contributed by atoms with Gasteiger partial charge >= 0.3 is 0 Å². The van der Waals surface area contributed by atoms with Gasteiger partial charge in [0.05, 0.1) is 38.2 Å². The lowest BCUT2D eigenvalue weighted by atomic mass is 10.2. The fourth-order valence-electron chi connectivity index (χ4n) is 2.57. The molecule has 0 aromatic carbocycles. The van der Waals surface area contributed by atoms with Crippen molar-refractivity contribution in [2.24, 2.45) is 0 Å². The van der Waals surface area contributed by atoms with Crippen molar-refractivity contribution in [3.63, 3.8) is 0 Å². The second kappa shape index (κ2) is 5.22. The van der Waals surface area contributed by atoms with Gasteiger partial charge in [-0.25, -0.2) is 4.98 Å². The van der Waals surface area contributed by atoms with E-state index < -0.39 is 0 Å². The maximum absolute atomic E-state index is 5.74. The van der Waals surface area contributed by atoms with E-state index in [1.165, 1.54) is 0 Å². The number of aromatic nitrogens is 1. The number of anilines is 2. The Balaban J connectivity index is 1.67. The predicted octanol–water partition coefficient (Wildman–Crippen LogP) is 0.193. The Hall–Kier alpha value is -1.53. The van der Waals surface area contributed by atoms with Crippen LogP contribution >= 0.6 is 0 Å². The minimum atomic E-state index is 0.614. The third kappa shape index (κ3) is 2.46. The molecule has 1 aromatic rings. The van der Waals surface area contributed by atoms with Crippen LogP contribution < -0.4 is 15.4 Å². The highest BCUT2D eigenvalue weighted by molar-refractivity contribution is 5.58. The normalized spacial score (nSPS) is 21.2. The molecule has 0 unspecified atom stereocenters. The fourth-order valence-corrected chi connectivity index (χ4v) is 2.57. The van der Waals surface area contributed by atoms with Gasteiger partial charge in [0.15, 0.2) is 11.6 Å². The summed E-state index contributed by atoms with van der Waals surface area (Å²) in [4.78, 5) is 9.16. The second-order valence-electron chi connectivity index (χ2n) is 5.01. The molecule has 3 heterocycles. The number of hydrogen-bond acceptors (Lipinski definition) is 6. The Morgan fingerprint density at radius 3 is 2.63 bits per heavy atom. The van der Waals surface area contributed by atoms with E-state index in [0.717, 1.165) is 51.0 Å². The van der Waals surface area contributed by atoms with E-state index in [1.807, 2.05) is 6.07 Å². The highest BCUT2D eigenvalue weighted by Gasteiger charge is 2.29. The molecule has 2 aliphatic rings. The van der Waals surface area contributed by atoms with E-state index in [-0.39, 0.29) is 0 Å². The van der Waals surface area contributed by atoms with Gasteiger partial charge < -0.3 is 20.1 Å². The number of ether oxygens (including phenoxy) is 2. The van der Waals surface area contributed by atoms with Crippen LogP contribution in [0.2, 0.25) is 0 Å². The third-order valence-electron chi connectivity index (χ3n) is 3.82. The lowest BCUT2D eigenvalue weighted by Crippen LogP contribution is -2.56. The lowest BCUT2D eigenvalue weighted by Gasteiger charge is -2.43. The highest BCUT2D eigenvalue weighted by atomic mass is 16.5. The van der Waals surface area contributed by atoms with E-state index in [0.29, 0.717) is 11.7 Å². The molecule has 2 saturated heterocycles. The number of nitrogen functional groups attached to an aromatic ring is 1. The highest BCUT2D eigenvalue weighted by Crippen LogP contribution is 2.28. The molecule has 2 fully saturated rings. The van der Waals surface area contributed by atoms with E-state index >= 15 is 0 Å². The molecule has 2 aliphatic heterocycles. The number of nitrogens with zero attached hydrogens (tertiary/aromatic N) is 3. The molecule has 3 rings (SSSR count). The Labute approximate surface area is 113 Å². The summed E-state index contributed by atoms with van der Waals surface area (Å²) in [7, 11) is 1.65. The summed E-state index contributed by atoms with van der Waals surface area (Å²) in [6, 6.07) is 2.44. The maximum Gasteiger partial charge on any atom is 0.171 e. The van der Waals surface area contributed by atoms with Crippen LogP contribution in [-0.2, 0) is 4.74 Å². The van der Waals surface area contributed by atoms with Crippen molar-refractivity contribution in [2.75, 3.05) is 57.1 Å². The van der Waals surface area contributed by atoms with Gasteiger partial charge in [-0.15, -0.1) is 0 Å². The van der Waals surface area contributed by atoms with Gasteiger partial charge in [-0.1, -0.05) is 0 Å². The number of methoxy groups -OCH3 is 1. The lowest BCUT2D eigenvalue weighted by molar-refractivity contribution is -0.0661. The zero-order valence-corrected chi connectivity index (χ0v) is 11.2. The Morgan fingerprint density at radius 1 is 1.32 bits per heavy atom. The molecule has 0 aliphatic carbocycles. The molecule has 0 spiro atoms. The van der Waals surface area contributed by atoms with Gasteiger partial charge in [-0.05, 0) is 0 Å². The van der Waals surface area contributed by atoms with Gasteiger partial charge in [0.25, 0.3) is 0 Å². The minimum absolute atomic E-state index is 0.614. The van der Waals surface area contributed by atoms with Gasteiger partial charge in [-0.2, -0.15) is 0 Å². The largest absolute Gasteiger partial charge is 0.493 e. The van der Waals surface area contributed by atoms with Gasteiger partial charge in [0, 0.05) is 32.2 Å². The quantitative estimate of drug-likeness (QED) is 0.841. The van der Waals surface area contributed by atoms with Gasteiger partial charge in [0.1, 0.15) is 0 Å². The van der Waals surface area contributed by atoms with Crippen LogP contribution in [0.15, 0.2) is 12.3 Å². The topological polar surface area (TPSA) is 63.9 Å². The van der Waals surface area contributed by atoms with Crippen molar-refractivity contribution in [2.45, 2.75) is 6.04 Å². The average Bonchev–Trinajstić information content (AvgIpc) is 2.38. The number of pyridine rings is 1. The van der Waals surface area contributed by atoms with Crippen LogP contribution in [0, 0.1) is 0 Å². The van der Waals surface area contributed by atoms with Crippen molar-refractivity contribution in [1.82, 2.24) is 9.88 Å². The summed E-state index contributed by atoms with van der Waals surface area (Å²) >= 11 is 0. The summed E-state index contributed by atoms with van der Waals surface area (Å²) < 4.78 is 10.6. The Morgan fingerprint density at radius 2 is 2.05 bits per heavy atom. The van der Waals surface area contributed by atoms with Crippen LogP contribution in [-0.4, -0.2) is 62.4 Å². The molecule has 0 radical (unpaired) electrons. The second-order valence-corrected chi connectivity index (χ2v) is 5.01. The van der Waals surface area contributed by atoms with E-state index in [1.54, 1.807) is 13.3 Å². The summed E-state index contributed by atoms with van der Waals surface area (Å²) in [5, 5.41) is 0. The minimum Gasteiger partial charge on any atom is -0.493 e. The first-order valence-corrected chi connectivity index (χ1v) is 6.64. The number of hydrogen-bond donors (Lipinski definition) is 1. The molecular weight excluding hydrogens is 244 g/mol. The van der Waals surface area contributed by atoms with Crippen LogP contribution in [0.3, 0.4) is 0 Å². The van der Waals surface area contributed by atoms with Gasteiger partial charge in [0.2, 0.25) is 0 Å². The summed E-state index contributed by atoms with van der Waals surface area (Å²) in [6.45, 7) is 5.77. The molecule has 1 aromatic heterocycles. The summed E-state index contributed by atoms with van der Waals surface area (Å²) in [6.07, 6.45) is 1.68. The molecule has 0 saturated carbocycles. The van der Waals surface area contributed by atoms with Crippen LogP contribution in [0.5, 0.6) is 5.75 Å². The van der Waals surface area contributed by atoms with Crippen LogP contribution in [0.4, 0.5) is 11.5 Å². The molecule has 6 heteroatoms. The smallest absolute Gasteiger partial charge is 0.171 e. The molecule has 104 valence electrons. The van der Waals surface area contributed by atoms with Crippen molar-refractivity contribution in [3.8, 4) is 5.75 Å². The first-order valence-electron chi connectivity index (χ1n) is 6.64. The fraction of sp³-hybridized carbons (Fsp3) is 0.615. The van der Waals surface area contributed by atoms with E-state index in [4.69, 9.17) is 15.2 Å². The molecular formula is C13H20N4O2. The van der Waals surface area contributed by atoms with Crippen molar-refractivity contribution in [1.29, 1.82) is 0 Å². The summed E-state index contributed by atoms with van der Waals surface area (Å²) in [5.74, 6) is 1.64. The Bertz CT molecular complexity index is 442. The molecule has 0 atom stereocenters. The van der Waals surface area contributed by atoms with Crippen molar-refractivity contribution < 1.29 is 9.47 Å². The zero-order chi connectivity index (χ0) is 13.2. The number of rotatable bonds is 3. The first kappa shape index (κ1) is 12.5. The SMILES string of the molecule is COc1cc(N)cnc1N1CCN(C2COC2)CC1. The van der Waals surface area contributed by atoms with E-state index in [2.05, 4.69) is 14.8 Å². The van der Waals surface area contributed by atoms with Crippen molar-refractivity contribution >= 4 is 11.5 Å². The number of nitrogens with two attached hydrogens (primary N) is 1. The Kier molecular flexibility index (Phi) is 3.44. The van der Waals surface area contributed by atoms with Crippen LogP contribution in [0.1, 0.15) is 0 Å². The molecule has 0 bridgehead atoms. The molecule has 0 amide bonds. The van der Waals surface area contributed by atoms with Gasteiger partial charge in [-0.3, -0.25) is 4.90 Å². The zero-order valence-electron chi connectivity index (χ0n) is 11.2. The van der Waals surface area contributed by atoms with E-state index in [9.17, 15) is 0 Å². The third-order valence-corrected chi connectivity index (χ3v) is 3.82. The predicted molar refractivity (Wildman–Crippen MR) is 73.6 cm³/mol. The molecule has 2 N–H and O–H groups in total. The molecule has 19 heavy (non-hydrogen) atoms. The average molecular weight is 264 g/mol. The van der Waals surface area contributed by atoms with Crippen LogP contribution in [0.25, 0.3) is 0 Å². The molecule has 6 nitrogen and oxygen atoms in total. The maximum atomic E-state index is 5.74. The summed E-state index contributed by atoms with van der Waals surface area (Å²) in [5.41, 5.74) is 6.37. The monoisotopic (exact) mass is 264 g/mol.